The van der Waals surface area contributed by atoms with Crippen LogP contribution >= 0.6 is 0 Å². The molecular weight excluding hydrogens is 156 g/mol. The summed E-state index contributed by atoms with van der Waals surface area (Å²) in [5.74, 6) is 2.42. The zero-order valence-corrected chi connectivity index (χ0v) is 10.0. The second kappa shape index (κ2) is 7.17. The van der Waals surface area contributed by atoms with Crippen molar-refractivity contribution in [2.75, 3.05) is 0 Å². The summed E-state index contributed by atoms with van der Waals surface area (Å²) in [7, 11) is 0. The van der Waals surface area contributed by atoms with E-state index in [1.165, 1.54) is 19.3 Å². The smallest absolute Gasteiger partial charge is 0.0290 e. The summed E-state index contributed by atoms with van der Waals surface area (Å²) in [6.07, 6.45) is 8.66. The molecule has 0 aliphatic carbocycles. The van der Waals surface area contributed by atoms with Crippen molar-refractivity contribution in [1.29, 1.82) is 0 Å². The van der Waals surface area contributed by atoms with E-state index in [0.717, 1.165) is 11.8 Å². The van der Waals surface area contributed by atoms with Gasteiger partial charge in [0.15, 0.2) is 0 Å². The molecule has 13 heavy (non-hydrogen) atoms. The molecule has 0 rings (SSSR count). The third-order valence-electron chi connectivity index (χ3n) is 2.30. The normalized spacial score (nSPS) is 14.7. The third-order valence-corrected chi connectivity index (χ3v) is 2.30. The molecule has 0 radical (unpaired) electrons. The molecule has 1 atom stereocenters. The van der Waals surface area contributed by atoms with Gasteiger partial charge in [-0.1, -0.05) is 59.6 Å². The van der Waals surface area contributed by atoms with E-state index in [2.05, 4.69) is 46.8 Å². The summed E-state index contributed by atoms with van der Waals surface area (Å²) in [4.78, 5) is 0. The maximum absolute atomic E-state index is 2.35. The van der Waals surface area contributed by atoms with Crippen molar-refractivity contribution in [2.24, 2.45) is 17.8 Å². The second-order valence-electron chi connectivity index (χ2n) is 4.98. The number of allylic oxidation sites excluding steroid dienone is 2. The van der Waals surface area contributed by atoms with E-state index >= 15 is 0 Å². The lowest BCUT2D eigenvalue weighted by atomic mass is 9.96. The first-order valence-corrected chi connectivity index (χ1v) is 5.69. The maximum Gasteiger partial charge on any atom is -0.0290 e. The van der Waals surface area contributed by atoms with Crippen LogP contribution in [0.4, 0.5) is 0 Å². The van der Waals surface area contributed by atoms with Crippen molar-refractivity contribution in [2.45, 2.75) is 53.9 Å². The molecule has 0 heterocycles. The van der Waals surface area contributed by atoms with Crippen LogP contribution in [0.25, 0.3) is 0 Å². The zero-order chi connectivity index (χ0) is 10.3. The predicted molar refractivity (Wildman–Crippen MR) is 61.8 cm³/mol. The Kier molecular flexibility index (Phi) is 7.03. The van der Waals surface area contributed by atoms with Crippen LogP contribution in [0.1, 0.15) is 53.9 Å². The predicted octanol–water partition coefficient (Wildman–Crippen LogP) is 4.66. The number of hydrogen-bond acceptors (Lipinski definition) is 0. The van der Waals surface area contributed by atoms with Crippen LogP contribution in [0.5, 0.6) is 0 Å². The Bertz CT molecular complexity index is 131. The van der Waals surface area contributed by atoms with E-state index in [4.69, 9.17) is 0 Å². The topological polar surface area (TPSA) is 0 Å². The molecule has 0 amide bonds. The van der Waals surface area contributed by atoms with Gasteiger partial charge < -0.3 is 0 Å². The van der Waals surface area contributed by atoms with Crippen LogP contribution in [-0.2, 0) is 0 Å². The molecule has 78 valence electrons. The van der Waals surface area contributed by atoms with E-state index < -0.39 is 0 Å². The zero-order valence-electron chi connectivity index (χ0n) is 10.0. The highest BCUT2D eigenvalue weighted by Crippen LogP contribution is 2.15. The van der Waals surface area contributed by atoms with Crippen LogP contribution in [0.3, 0.4) is 0 Å². The largest absolute Gasteiger partial charge is 0.0880 e. The quantitative estimate of drug-likeness (QED) is 0.524. The summed E-state index contributed by atoms with van der Waals surface area (Å²) < 4.78 is 0. The fourth-order valence-corrected chi connectivity index (χ4v) is 1.32. The van der Waals surface area contributed by atoms with E-state index in [1.54, 1.807) is 0 Å². The first-order chi connectivity index (χ1) is 6.02. The molecule has 0 saturated heterocycles. The molecule has 0 aliphatic rings. The van der Waals surface area contributed by atoms with Crippen molar-refractivity contribution in [3.8, 4) is 0 Å². The van der Waals surface area contributed by atoms with Crippen molar-refractivity contribution in [3.63, 3.8) is 0 Å². The fraction of sp³-hybridized carbons (Fsp3) is 0.846. The van der Waals surface area contributed by atoms with Gasteiger partial charge in [0.1, 0.15) is 0 Å². The molecule has 1 unspecified atom stereocenters. The van der Waals surface area contributed by atoms with Crippen LogP contribution in [0, 0.1) is 17.8 Å². The lowest BCUT2D eigenvalue weighted by Crippen LogP contribution is -1.96. The van der Waals surface area contributed by atoms with Crippen LogP contribution in [-0.4, -0.2) is 0 Å². The van der Waals surface area contributed by atoms with Crippen molar-refractivity contribution in [1.82, 2.24) is 0 Å². The molecule has 0 aliphatic heterocycles. The molecule has 0 aromatic carbocycles. The van der Waals surface area contributed by atoms with Crippen molar-refractivity contribution in [3.05, 3.63) is 12.2 Å². The summed E-state index contributed by atoms with van der Waals surface area (Å²) in [5.41, 5.74) is 0. The van der Waals surface area contributed by atoms with E-state index in [1.807, 2.05) is 0 Å². The highest BCUT2D eigenvalue weighted by molar-refractivity contribution is 4.85. The monoisotopic (exact) mass is 182 g/mol. The van der Waals surface area contributed by atoms with Gasteiger partial charge in [0, 0.05) is 0 Å². The molecule has 0 nitrogen and oxygen atoms in total. The summed E-state index contributed by atoms with van der Waals surface area (Å²) >= 11 is 0. The fourth-order valence-electron chi connectivity index (χ4n) is 1.32. The van der Waals surface area contributed by atoms with Crippen LogP contribution in [0.15, 0.2) is 12.2 Å². The lowest BCUT2D eigenvalue weighted by molar-refractivity contribution is 0.453. The van der Waals surface area contributed by atoms with Crippen LogP contribution in [0.2, 0.25) is 0 Å². The molecule has 0 heteroatoms. The molecule has 0 N–H and O–H groups in total. The Morgan fingerprint density at radius 2 is 1.54 bits per heavy atom. The molecular formula is C13H26. The molecule has 0 bridgehead atoms. The highest BCUT2D eigenvalue weighted by atomic mass is 14.1. The van der Waals surface area contributed by atoms with Gasteiger partial charge in [-0.15, -0.1) is 0 Å². The minimum atomic E-state index is 0.706. The minimum Gasteiger partial charge on any atom is -0.0880 e. The van der Waals surface area contributed by atoms with Gasteiger partial charge in [-0.05, 0) is 24.2 Å². The Balaban J connectivity index is 3.45. The van der Waals surface area contributed by atoms with Gasteiger partial charge in [0.05, 0.1) is 0 Å². The molecule has 0 aromatic rings. The molecule has 0 saturated carbocycles. The van der Waals surface area contributed by atoms with Crippen molar-refractivity contribution >= 4 is 0 Å². The van der Waals surface area contributed by atoms with Gasteiger partial charge >= 0.3 is 0 Å². The first-order valence-electron chi connectivity index (χ1n) is 5.69. The Morgan fingerprint density at radius 3 is 2.00 bits per heavy atom. The van der Waals surface area contributed by atoms with Crippen LogP contribution < -0.4 is 0 Å². The highest BCUT2D eigenvalue weighted by Gasteiger charge is 2.01. The summed E-state index contributed by atoms with van der Waals surface area (Å²) in [5, 5.41) is 0. The Hall–Kier alpha value is -0.260. The number of hydrogen-bond donors (Lipinski definition) is 0. The van der Waals surface area contributed by atoms with Gasteiger partial charge in [-0.25, -0.2) is 0 Å². The van der Waals surface area contributed by atoms with Gasteiger partial charge in [-0.2, -0.15) is 0 Å². The SMILES string of the molecule is CC(C)C=CCC(C)CCC(C)C. The number of rotatable bonds is 6. The molecule has 0 fully saturated rings. The van der Waals surface area contributed by atoms with E-state index in [0.29, 0.717) is 5.92 Å². The van der Waals surface area contributed by atoms with Gasteiger partial charge in [-0.3, -0.25) is 0 Å². The van der Waals surface area contributed by atoms with Crippen molar-refractivity contribution < 1.29 is 0 Å². The minimum absolute atomic E-state index is 0.706. The maximum atomic E-state index is 2.35. The summed E-state index contributed by atoms with van der Waals surface area (Å²) in [6.45, 7) is 11.4. The molecule has 0 aromatic heterocycles. The van der Waals surface area contributed by atoms with E-state index in [9.17, 15) is 0 Å². The molecule has 0 spiro atoms. The summed E-state index contributed by atoms with van der Waals surface area (Å²) in [6, 6.07) is 0. The third kappa shape index (κ3) is 9.66. The average molecular weight is 182 g/mol. The first kappa shape index (κ1) is 12.7. The lowest BCUT2D eigenvalue weighted by Gasteiger charge is -2.10. The van der Waals surface area contributed by atoms with E-state index in [-0.39, 0.29) is 0 Å². The average Bonchev–Trinajstić information content (AvgIpc) is 2.00. The Morgan fingerprint density at radius 1 is 0.923 bits per heavy atom. The Labute approximate surface area is 84.4 Å². The van der Waals surface area contributed by atoms with Gasteiger partial charge in [0.25, 0.3) is 0 Å². The second-order valence-corrected chi connectivity index (χ2v) is 4.98. The standard InChI is InChI=1S/C13H26/c1-11(2)7-6-8-13(5)10-9-12(3)4/h6-7,11-13H,8-10H2,1-5H3. The van der Waals surface area contributed by atoms with Gasteiger partial charge in [0.2, 0.25) is 0 Å².